The van der Waals surface area contributed by atoms with Gasteiger partial charge in [-0.3, -0.25) is 4.79 Å². The molecule has 2 rings (SSSR count). The van der Waals surface area contributed by atoms with Crippen LogP contribution in [0.15, 0.2) is 40.8 Å². The van der Waals surface area contributed by atoms with E-state index in [1.807, 2.05) is 43.5 Å². The van der Waals surface area contributed by atoms with Gasteiger partial charge in [0.1, 0.15) is 0 Å². The predicted molar refractivity (Wildman–Crippen MR) is 84.5 cm³/mol. The Morgan fingerprint density at radius 2 is 2.20 bits per heavy atom. The first-order valence-corrected chi connectivity index (χ1v) is 7.19. The molecule has 0 saturated heterocycles. The molecular formula is C15H17N3OS. The van der Waals surface area contributed by atoms with Gasteiger partial charge >= 0.3 is 0 Å². The Morgan fingerprint density at radius 1 is 1.35 bits per heavy atom. The summed E-state index contributed by atoms with van der Waals surface area (Å²) in [6.07, 6.45) is 1.64. The summed E-state index contributed by atoms with van der Waals surface area (Å²) >= 11 is 1.57. The number of carbonyl (C=O) groups is 1. The number of thiophene rings is 1. The van der Waals surface area contributed by atoms with Crippen LogP contribution in [0.2, 0.25) is 0 Å². The van der Waals surface area contributed by atoms with Crippen molar-refractivity contribution < 1.29 is 4.79 Å². The molecule has 0 radical (unpaired) electrons. The number of benzene rings is 1. The van der Waals surface area contributed by atoms with Gasteiger partial charge in [0.05, 0.1) is 12.8 Å². The molecule has 1 heterocycles. The van der Waals surface area contributed by atoms with Crippen molar-refractivity contribution in [1.82, 2.24) is 5.43 Å². The lowest BCUT2D eigenvalue weighted by Gasteiger charge is -2.09. The zero-order valence-electron chi connectivity index (χ0n) is 11.5. The van der Waals surface area contributed by atoms with Gasteiger partial charge < -0.3 is 5.32 Å². The molecule has 2 N–H and O–H groups in total. The number of hydrogen-bond donors (Lipinski definition) is 2. The number of aryl methyl sites for hydroxylation is 2. The lowest BCUT2D eigenvalue weighted by Crippen LogP contribution is -2.26. The molecule has 5 heteroatoms. The summed E-state index contributed by atoms with van der Waals surface area (Å²) in [6.45, 7) is 4.26. The number of amides is 1. The van der Waals surface area contributed by atoms with Crippen molar-refractivity contribution in [2.75, 3.05) is 11.9 Å². The third kappa shape index (κ3) is 4.20. The van der Waals surface area contributed by atoms with E-state index in [2.05, 4.69) is 21.9 Å². The Balaban J connectivity index is 1.80. The standard InChI is InChI=1S/C15H17N3OS/c1-11-5-6-14(12(2)8-11)16-10-15(19)18-17-9-13-4-3-7-20-13/h3-9,16H,10H2,1-2H3,(H,18,19)/b17-9-. The topological polar surface area (TPSA) is 53.5 Å². The summed E-state index contributed by atoms with van der Waals surface area (Å²) in [6, 6.07) is 9.95. The van der Waals surface area contributed by atoms with E-state index >= 15 is 0 Å². The van der Waals surface area contributed by atoms with Crippen LogP contribution in [0.3, 0.4) is 0 Å². The van der Waals surface area contributed by atoms with Gasteiger partial charge in [-0.25, -0.2) is 5.43 Å². The second-order valence-corrected chi connectivity index (χ2v) is 5.46. The minimum Gasteiger partial charge on any atom is -0.376 e. The molecule has 1 aromatic heterocycles. The number of hydrogen-bond acceptors (Lipinski definition) is 4. The molecule has 0 saturated carbocycles. The van der Waals surface area contributed by atoms with E-state index in [0.717, 1.165) is 16.1 Å². The van der Waals surface area contributed by atoms with Crippen molar-refractivity contribution in [3.8, 4) is 0 Å². The van der Waals surface area contributed by atoms with Gasteiger partial charge in [0.15, 0.2) is 0 Å². The van der Waals surface area contributed by atoms with Crippen molar-refractivity contribution in [3.05, 3.63) is 51.7 Å². The summed E-state index contributed by atoms with van der Waals surface area (Å²) in [5, 5.41) is 8.97. The number of nitrogens with one attached hydrogen (secondary N) is 2. The molecule has 0 bridgehead atoms. The van der Waals surface area contributed by atoms with Gasteiger partial charge in [-0.2, -0.15) is 5.10 Å². The van der Waals surface area contributed by atoms with E-state index in [4.69, 9.17) is 0 Å². The maximum Gasteiger partial charge on any atom is 0.259 e. The summed E-state index contributed by atoms with van der Waals surface area (Å²) < 4.78 is 0. The van der Waals surface area contributed by atoms with E-state index in [1.54, 1.807) is 17.6 Å². The van der Waals surface area contributed by atoms with Crippen molar-refractivity contribution in [3.63, 3.8) is 0 Å². The van der Waals surface area contributed by atoms with Crippen molar-refractivity contribution in [2.45, 2.75) is 13.8 Å². The highest BCUT2D eigenvalue weighted by Gasteiger charge is 2.02. The molecule has 20 heavy (non-hydrogen) atoms. The van der Waals surface area contributed by atoms with Crippen LogP contribution in [0, 0.1) is 13.8 Å². The molecule has 4 nitrogen and oxygen atoms in total. The highest BCUT2D eigenvalue weighted by atomic mass is 32.1. The largest absolute Gasteiger partial charge is 0.376 e. The number of anilines is 1. The Bertz CT molecular complexity index is 606. The van der Waals surface area contributed by atoms with Gasteiger partial charge in [-0.15, -0.1) is 11.3 Å². The fourth-order valence-electron chi connectivity index (χ4n) is 1.76. The summed E-state index contributed by atoms with van der Waals surface area (Å²) in [5.41, 5.74) is 5.79. The van der Waals surface area contributed by atoms with E-state index in [9.17, 15) is 4.79 Å². The fourth-order valence-corrected chi connectivity index (χ4v) is 2.34. The van der Waals surface area contributed by atoms with Crippen LogP contribution in [0.5, 0.6) is 0 Å². The molecule has 0 fully saturated rings. The van der Waals surface area contributed by atoms with Gasteiger partial charge in [0.25, 0.3) is 5.91 Å². The Labute approximate surface area is 122 Å². The van der Waals surface area contributed by atoms with Crippen LogP contribution >= 0.6 is 11.3 Å². The van der Waals surface area contributed by atoms with E-state index in [1.165, 1.54) is 5.56 Å². The monoisotopic (exact) mass is 287 g/mol. The first-order valence-electron chi connectivity index (χ1n) is 6.31. The van der Waals surface area contributed by atoms with Crippen LogP contribution < -0.4 is 10.7 Å². The Kier molecular flexibility index (Phi) is 4.90. The smallest absolute Gasteiger partial charge is 0.259 e. The molecule has 0 atom stereocenters. The molecule has 0 aliphatic heterocycles. The molecular weight excluding hydrogens is 270 g/mol. The molecule has 0 unspecified atom stereocenters. The molecule has 0 aliphatic rings. The van der Waals surface area contributed by atoms with Gasteiger partial charge in [0.2, 0.25) is 0 Å². The SMILES string of the molecule is Cc1ccc(NCC(=O)N/N=C\c2cccs2)c(C)c1. The third-order valence-corrected chi connectivity index (χ3v) is 3.55. The summed E-state index contributed by atoms with van der Waals surface area (Å²) in [7, 11) is 0. The molecule has 1 aromatic carbocycles. The molecule has 104 valence electrons. The second-order valence-electron chi connectivity index (χ2n) is 4.48. The first-order chi connectivity index (χ1) is 9.65. The highest BCUT2D eigenvalue weighted by Crippen LogP contribution is 2.15. The van der Waals surface area contributed by atoms with Crippen molar-refractivity contribution >= 4 is 29.1 Å². The maximum absolute atomic E-state index is 11.6. The minimum atomic E-state index is -0.169. The van der Waals surface area contributed by atoms with Crippen LogP contribution in [0.4, 0.5) is 5.69 Å². The summed E-state index contributed by atoms with van der Waals surface area (Å²) in [4.78, 5) is 12.6. The zero-order chi connectivity index (χ0) is 14.4. The van der Waals surface area contributed by atoms with E-state index in [0.29, 0.717) is 0 Å². The normalized spacial score (nSPS) is 10.7. The van der Waals surface area contributed by atoms with Crippen molar-refractivity contribution in [1.29, 1.82) is 0 Å². The average molecular weight is 287 g/mol. The molecule has 0 spiro atoms. The van der Waals surface area contributed by atoms with Crippen LogP contribution in [0.1, 0.15) is 16.0 Å². The number of nitrogens with zero attached hydrogens (tertiary/aromatic N) is 1. The average Bonchev–Trinajstić information content (AvgIpc) is 2.91. The molecule has 0 aliphatic carbocycles. The van der Waals surface area contributed by atoms with Crippen LogP contribution in [-0.4, -0.2) is 18.7 Å². The lowest BCUT2D eigenvalue weighted by molar-refractivity contribution is -0.119. The summed E-state index contributed by atoms with van der Waals surface area (Å²) in [5.74, 6) is -0.169. The van der Waals surface area contributed by atoms with Crippen molar-refractivity contribution in [2.24, 2.45) is 5.10 Å². The maximum atomic E-state index is 11.6. The lowest BCUT2D eigenvalue weighted by atomic mass is 10.1. The third-order valence-electron chi connectivity index (χ3n) is 2.75. The van der Waals surface area contributed by atoms with Gasteiger partial charge in [0, 0.05) is 10.6 Å². The first kappa shape index (κ1) is 14.3. The fraction of sp³-hybridized carbons (Fsp3) is 0.200. The Morgan fingerprint density at radius 3 is 2.90 bits per heavy atom. The van der Waals surface area contributed by atoms with Gasteiger partial charge in [-0.05, 0) is 36.9 Å². The Hall–Kier alpha value is -2.14. The minimum absolute atomic E-state index is 0.169. The van der Waals surface area contributed by atoms with Crippen LogP contribution in [-0.2, 0) is 4.79 Å². The predicted octanol–water partition coefficient (Wildman–Crippen LogP) is 2.93. The highest BCUT2D eigenvalue weighted by molar-refractivity contribution is 7.11. The van der Waals surface area contributed by atoms with E-state index in [-0.39, 0.29) is 12.5 Å². The number of rotatable bonds is 5. The molecule has 1 amide bonds. The van der Waals surface area contributed by atoms with Crippen LogP contribution in [0.25, 0.3) is 0 Å². The molecule has 2 aromatic rings. The number of carbonyl (C=O) groups excluding carboxylic acids is 1. The van der Waals surface area contributed by atoms with E-state index < -0.39 is 0 Å². The second kappa shape index (κ2) is 6.86. The van der Waals surface area contributed by atoms with Gasteiger partial charge in [-0.1, -0.05) is 23.8 Å². The number of hydrazone groups is 1. The quantitative estimate of drug-likeness (QED) is 0.656. The zero-order valence-corrected chi connectivity index (χ0v) is 12.3.